The number of hydrogen-bond donors (Lipinski definition) is 1. The first-order valence-electron chi connectivity index (χ1n) is 8.22. The van der Waals surface area contributed by atoms with Crippen LogP contribution >= 0.6 is 0 Å². The van der Waals surface area contributed by atoms with Gasteiger partial charge in [-0.25, -0.2) is 0 Å². The minimum atomic E-state index is -0.755. The van der Waals surface area contributed by atoms with Gasteiger partial charge in [0.1, 0.15) is 24.1 Å². The second-order valence-corrected chi connectivity index (χ2v) is 5.97. The minimum Gasteiger partial charge on any atom is -0.496 e. The predicted molar refractivity (Wildman–Crippen MR) is 98.9 cm³/mol. The van der Waals surface area contributed by atoms with Gasteiger partial charge in [-0.15, -0.1) is 0 Å². The third-order valence-corrected chi connectivity index (χ3v) is 4.06. The molecular weight excluding hydrogens is 352 g/mol. The highest BCUT2D eigenvalue weighted by molar-refractivity contribution is 5.75. The van der Waals surface area contributed by atoms with E-state index in [4.69, 9.17) is 15.2 Å². The largest absolute Gasteiger partial charge is 0.496 e. The molecule has 0 spiro atoms. The van der Waals surface area contributed by atoms with Gasteiger partial charge >= 0.3 is 5.97 Å². The average Bonchev–Trinajstić information content (AvgIpc) is 2.65. The van der Waals surface area contributed by atoms with Crippen molar-refractivity contribution in [3.63, 3.8) is 0 Å². The van der Waals surface area contributed by atoms with Crippen LogP contribution in [0.2, 0.25) is 0 Å². The summed E-state index contributed by atoms with van der Waals surface area (Å²) in [7, 11) is 2.84. The predicted octanol–water partition coefficient (Wildman–Crippen LogP) is 2.53. The summed E-state index contributed by atoms with van der Waals surface area (Å²) < 4.78 is 15.7. The highest BCUT2D eigenvalue weighted by Crippen LogP contribution is 2.26. The van der Waals surface area contributed by atoms with E-state index in [9.17, 15) is 14.9 Å². The number of nitrogens with zero attached hydrogens (tertiary/aromatic N) is 1. The Hall–Kier alpha value is -3.13. The monoisotopic (exact) mass is 374 g/mol. The van der Waals surface area contributed by atoms with Gasteiger partial charge in [-0.05, 0) is 43.2 Å². The SMILES string of the molecule is COC(=O)C(N)Cc1ccc(OC)c(COc2ccc([N+](=O)[O-])c(C)c2)c1. The van der Waals surface area contributed by atoms with Crippen LogP contribution in [0.1, 0.15) is 16.7 Å². The number of nitrogens with two attached hydrogens (primary N) is 1. The van der Waals surface area contributed by atoms with Crippen LogP contribution in [-0.2, 0) is 22.6 Å². The topological polar surface area (TPSA) is 114 Å². The van der Waals surface area contributed by atoms with Crippen LogP contribution in [0.15, 0.2) is 36.4 Å². The number of aryl methyl sites for hydroxylation is 1. The Bertz CT molecular complexity index is 837. The Balaban J connectivity index is 2.15. The van der Waals surface area contributed by atoms with E-state index in [1.165, 1.54) is 13.2 Å². The van der Waals surface area contributed by atoms with E-state index in [0.717, 1.165) is 11.1 Å². The van der Waals surface area contributed by atoms with E-state index in [-0.39, 0.29) is 12.3 Å². The smallest absolute Gasteiger partial charge is 0.322 e. The van der Waals surface area contributed by atoms with Crippen LogP contribution in [0.25, 0.3) is 0 Å². The molecule has 0 fully saturated rings. The number of carbonyl (C=O) groups excluding carboxylic acids is 1. The number of nitro benzene ring substituents is 1. The highest BCUT2D eigenvalue weighted by atomic mass is 16.6. The summed E-state index contributed by atoms with van der Waals surface area (Å²) in [6, 6.07) is 9.26. The zero-order chi connectivity index (χ0) is 20.0. The normalized spacial score (nSPS) is 11.6. The summed E-state index contributed by atoms with van der Waals surface area (Å²) in [6.07, 6.45) is 0.320. The van der Waals surface area contributed by atoms with Crippen molar-refractivity contribution in [1.29, 1.82) is 0 Å². The fourth-order valence-corrected chi connectivity index (χ4v) is 2.64. The first kappa shape index (κ1) is 20.2. The second kappa shape index (κ2) is 9.00. The van der Waals surface area contributed by atoms with Crippen LogP contribution < -0.4 is 15.2 Å². The molecule has 0 bridgehead atoms. The molecule has 0 saturated heterocycles. The molecule has 8 heteroatoms. The number of hydrogen-bond acceptors (Lipinski definition) is 7. The molecule has 0 heterocycles. The summed E-state index contributed by atoms with van der Waals surface area (Å²) in [5, 5.41) is 10.9. The van der Waals surface area contributed by atoms with Crippen LogP contribution in [-0.4, -0.2) is 31.2 Å². The van der Waals surface area contributed by atoms with Gasteiger partial charge in [-0.2, -0.15) is 0 Å². The molecule has 0 aliphatic heterocycles. The molecular formula is C19H22N2O6. The van der Waals surface area contributed by atoms with Crippen molar-refractivity contribution in [2.75, 3.05) is 14.2 Å². The Labute approximate surface area is 157 Å². The maximum Gasteiger partial charge on any atom is 0.322 e. The number of ether oxygens (including phenoxy) is 3. The van der Waals surface area contributed by atoms with E-state index >= 15 is 0 Å². The molecule has 2 aromatic carbocycles. The minimum absolute atomic E-state index is 0.0405. The van der Waals surface area contributed by atoms with Gasteiger partial charge < -0.3 is 19.9 Å². The zero-order valence-corrected chi connectivity index (χ0v) is 15.4. The fourth-order valence-electron chi connectivity index (χ4n) is 2.64. The van der Waals surface area contributed by atoms with Crippen molar-refractivity contribution < 1.29 is 23.9 Å². The second-order valence-electron chi connectivity index (χ2n) is 5.97. The molecule has 0 radical (unpaired) electrons. The molecule has 2 aromatic rings. The van der Waals surface area contributed by atoms with E-state index in [1.807, 2.05) is 12.1 Å². The van der Waals surface area contributed by atoms with Gasteiger partial charge in [0, 0.05) is 17.2 Å². The third-order valence-electron chi connectivity index (χ3n) is 4.06. The van der Waals surface area contributed by atoms with Crippen molar-refractivity contribution in [3.05, 3.63) is 63.2 Å². The van der Waals surface area contributed by atoms with Gasteiger partial charge in [-0.3, -0.25) is 14.9 Å². The van der Waals surface area contributed by atoms with Crippen molar-refractivity contribution in [2.24, 2.45) is 5.73 Å². The molecule has 27 heavy (non-hydrogen) atoms. The Morgan fingerprint density at radius 3 is 2.56 bits per heavy atom. The third kappa shape index (κ3) is 5.18. The van der Waals surface area contributed by atoms with E-state index in [2.05, 4.69) is 4.74 Å². The van der Waals surface area contributed by atoms with E-state index in [0.29, 0.717) is 23.5 Å². The molecule has 8 nitrogen and oxygen atoms in total. The number of benzene rings is 2. The van der Waals surface area contributed by atoms with Crippen LogP contribution in [0, 0.1) is 17.0 Å². The summed E-state index contributed by atoms with van der Waals surface area (Å²) >= 11 is 0. The Morgan fingerprint density at radius 2 is 1.96 bits per heavy atom. The Morgan fingerprint density at radius 1 is 1.22 bits per heavy atom. The molecule has 0 aromatic heterocycles. The summed E-state index contributed by atoms with van der Waals surface area (Å²) in [5.74, 6) is 0.658. The van der Waals surface area contributed by atoms with Crippen LogP contribution in [0.4, 0.5) is 5.69 Å². The molecule has 144 valence electrons. The van der Waals surface area contributed by atoms with Crippen molar-refractivity contribution in [3.8, 4) is 11.5 Å². The van der Waals surface area contributed by atoms with Crippen molar-refractivity contribution >= 4 is 11.7 Å². The first-order chi connectivity index (χ1) is 12.8. The van der Waals surface area contributed by atoms with E-state index in [1.54, 1.807) is 32.2 Å². The molecule has 0 aliphatic carbocycles. The first-order valence-corrected chi connectivity index (χ1v) is 8.22. The van der Waals surface area contributed by atoms with Crippen molar-refractivity contribution in [1.82, 2.24) is 0 Å². The lowest BCUT2D eigenvalue weighted by atomic mass is 10.0. The van der Waals surface area contributed by atoms with Gasteiger partial charge in [0.25, 0.3) is 5.69 Å². The molecule has 1 unspecified atom stereocenters. The number of rotatable bonds is 8. The van der Waals surface area contributed by atoms with Gasteiger partial charge in [0.2, 0.25) is 0 Å². The van der Waals surface area contributed by atoms with Crippen LogP contribution in [0.5, 0.6) is 11.5 Å². The summed E-state index contributed by atoms with van der Waals surface area (Å²) in [5.41, 5.74) is 7.97. The summed E-state index contributed by atoms with van der Waals surface area (Å²) in [6.45, 7) is 1.85. The number of esters is 1. The molecule has 0 aliphatic rings. The van der Waals surface area contributed by atoms with Gasteiger partial charge in [-0.1, -0.05) is 6.07 Å². The quantitative estimate of drug-likeness (QED) is 0.429. The van der Waals surface area contributed by atoms with Crippen LogP contribution in [0.3, 0.4) is 0 Å². The number of methoxy groups -OCH3 is 2. The fraction of sp³-hybridized carbons (Fsp3) is 0.316. The standard InChI is InChI=1S/C19H22N2O6/c1-12-8-15(5-6-17(12)21(23)24)27-11-14-9-13(4-7-18(14)25-2)10-16(20)19(22)26-3/h4-9,16H,10-11,20H2,1-3H3. The lowest BCUT2D eigenvalue weighted by Crippen LogP contribution is -2.33. The lowest BCUT2D eigenvalue weighted by Gasteiger charge is -2.14. The maximum absolute atomic E-state index is 11.5. The molecule has 2 rings (SSSR count). The molecule has 2 N–H and O–H groups in total. The van der Waals surface area contributed by atoms with Gasteiger partial charge in [0.15, 0.2) is 0 Å². The summed E-state index contributed by atoms with van der Waals surface area (Å²) in [4.78, 5) is 22.0. The molecule has 0 amide bonds. The maximum atomic E-state index is 11.5. The lowest BCUT2D eigenvalue weighted by molar-refractivity contribution is -0.385. The molecule has 1 atom stereocenters. The van der Waals surface area contributed by atoms with Gasteiger partial charge in [0.05, 0.1) is 19.1 Å². The zero-order valence-electron chi connectivity index (χ0n) is 15.4. The molecule has 0 saturated carbocycles. The average molecular weight is 374 g/mol. The highest BCUT2D eigenvalue weighted by Gasteiger charge is 2.16. The Kier molecular flexibility index (Phi) is 6.73. The van der Waals surface area contributed by atoms with E-state index < -0.39 is 16.9 Å². The van der Waals surface area contributed by atoms with Crippen molar-refractivity contribution in [2.45, 2.75) is 26.0 Å². The number of carbonyl (C=O) groups is 1. The number of nitro groups is 1.